The number of halogens is 2. The molecule has 0 atom stereocenters. The van der Waals surface area contributed by atoms with Gasteiger partial charge in [-0.2, -0.15) is 0 Å². The molecule has 0 fully saturated rings. The van der Waals surface area contributed by atoms with E-state index in [2.05, 4.69) is 5.32 Å². The molecule has 0 aliphatic carbocycles. The Hall–Kier alpha value is -2.31. The molecule has 0 bridgehead atoms. The molecule has 0 aromatic heterocycles. The van der Waals surface area contributed by atoms with Gasteiger partial charge in [-0.15, -0.1) is 0 Å². The van der Waals surface area contributed by atoms with Crippen LogP contribution in [0.25, 0.3) is 0 Å². The minimum Gasteiger partial charge on any atom is -0.493 e. The zero-order valence-electron chi connectivity index (χ0n) is 13.0. The minimum atomic E-state index is -0.938. The van der Waals surface area contributed by atoms with E-state index in [0.717, 1.165) is 11.1 Å². The van der Waals surface area contributed by atoms with Gasteiger partial charge in [-0.25, -0.2) is 4.39 Å². The first kappa shape index (κ1) is 18.0. The summed E-state index contributed by atoms with van der Waals surface area (Å²) in [5.41, 5.74) is 1.56. The molecule has 2 N–H and O–H groups in total. The van der Waals surface area contributed by atoms with E-state index in [-0.39, 0.29) is 19.0 Å². The Balaban J connectivity index is 2.08. The first-order valence-electron chi connectivity index (χ1n) is 7.15. The maximum atomic E-state index is 12.9. The number of nitrogens with one attached hydrogen (secondary N) is 1. The monoisotopic (exact) mass is 353 g/mol. The Morgan fingerprint density at radius 1 is 1.25 bits per heavy atom. The smallest absolute Gasteiger partial charge is 0.317 e. The molecular formula is C17H17ClFNO4. The van der Waals surface area contributed by atoms with Crippen LogP contribution in [0.2, 0.25) is 5.02 Å². The number of aliphatic carboxylic acids is 1. The lowest BCUT2D eigenvalue weighted by Gasteiger charge is -2.14. The number of ether oxygens (including phenoxy) is 2. The standard InChI is InChI=1S/C17H17ClFNO4/c1-23-15-7-12(8-20-9-16(21)22)6-14(18)17(15)24-10-11-2-4-13(19)5-3-11/h2-7,20H,8-10H2,1H3,(H,21,22). The number of benzene rings is 2. The van der Waals surface area contributed by atoms with Crippen LogP contribution in [-0.4, -0.2) is 24.7 Å². The summed E-state index contributed by atoms with van der Waals surface area (Å²) in [6.07, 6.45) is 0. The SMILES string of the molecule is COc1cc(CNCC(=O)O)cc(Cl)c1OCc1ccc(F)cc1. The molecule has 0 aliphatic heterocycles. The van der Waals surface area contributed by atoms with Crippen molar-refractivity contribution in [3.63, 3.8) is 0 Å². The van der Waals surface area contributed by atoms with E-state index < -0.39 is 5.97 Å². The van der Waals surface area contributed by atoms with Crippen molar-refractivity contribution in [2.24, 2.45) is 0 Å². The predicted molar refractivity (Wildman–Crippen MR) is 88.1 cm³/mol. The van der Waals surface area contributed by atoms with Gasteiger partial charge < -0.3 is 19.9 Å². The van der Waals surface area contributed by atoms with Crippen LogP contribution in [0.5, 0.6) is 11.5 Å². The van der Waals surface area contributed by atoms with Crippen LogP contribution < -0.4 is 14.8 Å². The fraction of sp³-hybridized carbons (Fsp3) is 0.235. The molecule has 0 amide bonds. The van der Waals surface area contributed by atoms with Crippen molar-refractivity contribution in [3.05, 3.63) is 58.4 Å². The molecule has 7 heteroatoms. The molecule has 0 unspecified atom stereocenters. The number of carboxylic acids is 1. The van der Waals surface area contributed by atoms with Crippen molar-refractivity contribution in [2.45, 2.75) is 13.2 Å². The highest BCUT2D eigenvalue weighted by atomic mass is 35.5. The second-order valence-electron chi connectivity index (χ2n) is 5.02. The third kappa shape index (κ3) is 5.11. The van der Waals surface area contributed by atoms with Crippen molar-refractivity contribution in [1.29, 1.82) is 0 Å². The molecule has 0 saturated heterocycles. The summed E-state index contributed by atoms with van der Waals surface area (Å²) in [4.78, 5) is 10.5. The van der Waals surface area contributed by atoms with Crippen molar-refractivity contribution < 1.29 is 23.8 Å². The van der Waals surface area contributed by atoms with Crippen LogP contribution in [-0.2, 0) is 17.9 Å². The lowest BCUT2D eigenvalue weighted by molar-refractivity contribution is -0.135. The molecule has 2 aromatic rings. The Labute approximate surface area is 144 Å². The van der Waals surface area contributed by atoms with Gasteiger partial charge in [0.05, 0.1) is 18.7 Å². The van der Waals surface area contributed by atoms with Crippen molar-refractivity contribution >= 4 is 17.6 Å². The van der Waals surface area contributed by atoms with Gasteiger partial charge >= 0.3 is 5.97 Å². The molecule has 0 spiro atoms. The van der Waals surface area contributed by atoms with Gasteiger partial charge in [0, 0.05) is 6.54 Å². The van der Waals surface area contributed by atoms with E-state index in [9.17, 15) is 9.18 Å². The molecule has 0 aliphatic rings. The molecule has 0 saturated carbocycles. The van der Waals surface area contributed by atoms with Crippen molar-refractivity contribution in [3.8, 4) is 11.5 Å². The second-order valence-corrected chi connectivity index (χ2v) is 5.43. The summed E-state index contributed by atoms with van der Waals surface area (Å²) >= 11 is 6.24. The molecule has 0 heterocycles. The van der Waals surface area contributed by atoms with Crippen LogP contribution in [0.15, 0.2) is 36.4 Å². The molecule has 0 radical (unpaired) electrons. The number of carbonyl (C=O) groups is 1. The zero-order valence-corrected chi connectivity index (χ0v) is 13.8. The van der Waals surface area contributed by atoms with E-state index in [1.807, 2.05) is 0 Å². The third-order valence-corrected chi connectivity index (χ3v) is 3.47. The van der Waals surface area contributed by atoms with Gasteiger partial charge in [0.1, 0.15) is 12.4 Å². The largest absolute Gasteiger partial charge is 0.493 e. The van der Waals surface area contributed by atoms with Crippen molar-refractivity contribution in [1.82, 2.24) is 5.32 Å². The van der Waals surface area contributed by atoms with Gasteiger partial charge in [-0.05, 0) is 35.4 Å². The Kier molecular flexibility index (Phi) is 6.40. The number of methoxy groups -OCH3 is 1. The Bertz CT molecular complexity index is 706. The lowest BCUT2D eigenvalue weighted by atomic mass is 10.2. The van der Waals surface area contributed by atoms with Gasteiger partial charge in [-0.1, -0.05) is 23.7 Å². The van der Waals surface area contributed by atoms with Gasteiger partial charge in [0.2, 0.25) is 0 Å². The normalized spacial score (nSPS) is 10.5. The lowest BCUT2D eigenvalue weighted by Crippen LogP contribution is -2.21. The number of carboxylic acid groups (broad SMARTS) is 1. The highest BCUT2D eigenvalue weighted by molar-refractivity contribution is 6.32. The first-order chi connectivity index (χ1) is 11.5. The minimum absolute atomic E-state index is 0.150. The fourth-order valence-electron chi connectivity index (χ4n) is 2.07. The summed E-state index contributed by atoms with van der Waals surface area (Å²) < 4.78 is 23.9. The van der Waals surface area contributed by atoms with Gasteiger partial charge in [-0.3, -0.25) is 4.79 Å². The van der Waals surface area contributed by atoms with E-state index >= 15 is 0 Å². The zero-order chi connectivity index (χ0) is 17.5. The van der Waals surface area contributed by atoms with E-state index in [1.54, 1.807) is 24.3 Å². The van der Waals surface area contributed by atoms with E-state index in [0.29, 0.717) is 23.1 Å². The fourth-order valence-corrected chi connectivity index (χ4v) is 2.35. The Morgan fingerprint density at radius 2 is 1.96 bits per heavy atom. The van der Waals surface area contributed by atoms with Gasteiger partial charge in [0.25, 0.3) is 0 Å². The van der Waals surface area contributed by atoms with Crippen LogP contribution in [0.1, 0.15) is 11.1 Å². The van der Waals surface area contributed by atoms with Crippen LogP contribution in [0.3, 0.4) is 0 Å². The molecule has 24 heavy (non-hydrogen) atoms. The van der Waals surface area contributed by atoms with Crippen LogP contribution >= 0.6 is 11.6 Å². The van der Waals surface area contributed by atoms with Crippen LogP contribution in [0.4, 0.5) is 4.39 Å². The summed E-state index contributed by atoms with van der Waals surface area (Å²) in [6, 6.07) is 9.36. The average Bonchev–Trinajstić information content (AvgIpc) is 2.54. The highest BCUT2D eigenvalue weighted by Gasteiger charge is 2.12. The summed E-state index contributed by atoms with van der Waals surface area (Å²) in [5.74, 6) is -0.429. The van der Waals surface area contributed by atoms with Gasteiger partial charge in [0.15, 0.2) is 11.5 Å². The van der Waals surface area contributed by atoms with Crippen molar-refractivity contribution in [2.75, 3.05) is 13.7 Å². The maximum absolute atomic E-state index is 12.9. The summed E-state index contributed by atoms with van der Waals surface area (Å²) in [5, 5.41) is 11.8. The quantitative estimate of drug-likeness (QED) is 0.762. The average molecular weight is 354 g/mol. The van der Waals surface area contributed by atoms with Crippen LogP contribution in [0, 0.1) is 5.82 Å². The summed E-state index contributed by atoms with van der Waals surface area (Å²) in [6.45, 7) is 0.399. The number of rotatable bonds is 8. The topological polar surface area (TPSA) is 67.8 Å². The number of hydrogen-bond acceptors (Lipinski definition) is 4. The molecule has 2 aromatic carbocycles. The molecule has 128 valence electrons. The molecular weight excluding hydrogens is 337 g/mol. The Morgan fingerprint density at radius 3 is 2.58 bits per heavy atom. The molecule has 5 nitrogen and oxygen atoms in total. The second kappa shape index (κ2) is 8.52. The predicted octanol–water partition coefficient (Wildman–Crippen LogP) is 3.24. The number of hydrogen-bond donors (Lipinski definition) is 2. The first-order valence-corrected chi connectivity index (χ1v) is 7.53. The third-order valence-electron chi connectivity index (χ3n) is 3.19. The highest BCUT2D eigenvalue weighted by Crippen LogP contribution is 2.37. The maximum Gasteiger partial charge on any atom is 0.317 e. The molecule has 2 rings (SSSR count). The van der Waals surface area contributed by atoms with E-state index in [1.165, 1.54) is 19.2 Å². The van der Waals surface area contributed by atoms with E-state index in [4.69, 9.17) is 26.2 Å². The summed E-state index contributed by atoms with van der Waals surface area (Å²) in [7, 11) is 1.49.